The van der Waals surface area contributed by atoms with E-state index in [1.54, 1.807) is 0 Å². The van der Waals surface area contributed by atoms with Crippen LogP contribution >= 0.6 is 0 Å². The van der Waals surface area contributed by atoms with Gasteiger partial charge in [0.05, 0.1) is 12.5 Å². The van der Waals surface area contributed by atoms with Crippen molar-refractivity contribution < 1.29 is 15.0 Å². The first kappa shape index (κ1) is 11.4. The number of carboxylic acids is 1. The molecule has 4 heteroatoms. The third-order valence-corrected chi connectivity index (χ3v) is 1.34. The monoisotopic (exact) mass is 175 g/mol. The second-order valence-electron chi connectivity index (χ2n) is 3.30. The van der Waals surface area contributed by atoms with E-state index in [-0.39, 0.29) is 6.42 Å². The maximum absolute atomic E-state index is 10.1. The van der Waals surface area contributed by atoms with E-state index >= 15 is 0 Å². The van der Waals surface area contributed by atoms with Gasteiger partial charge in [-0.2, -0.15) is 0 Å². The number of nitrogens with one attached hydrogen (secondary N) is 1. The van der Waals surface area contributed by atoms with E-state index in [1.165, 1.54) is 0 Å². The van der Waals surface area contributed by atoms with Gasteiger partial charge in [-0.05, 0) is 12.5 Å². The zero-order valence-electron chi connectivity index (χ0n) is 7.58. The second-order valence-corrected chi connectivity index (χ2v) is 3.30. The van der Waals surface area contributed by atoms with Crippen LogP contribution in [0.15, 0.2) is 0 Å². The molecule has 0 aromatic rings. The predicted octanol–water partition coefficient (Wildman–Crippen LogP) is 0.0676. The number of rotatable bonds is 6. The van der Waals surface area contributed by atoms with Crippen LogP contribution in [0.25, 0.3) is 0 Å². The van der Waals surface area contributed by atoms with Crippen LogP contribution in [-0.2, 0) is 4.79 Å². The van der Waals surface area contributed by atoms with E-state index in [2.05, 4.69) is 19.2 Å². The van der Waals surface area contributed by atoms with Crippen LogP contribution in [0.2, 0.25) is 0 Å². The van der Waals surface area contributed by atoms with Crippen LogP contribution in [0.4, 0.5) is 0 Å². The molecule has 0 aliphatic carbocycles. The maximum Gasteiger partial charge on any atom is 0.306 e. The molecule has 0 aromatic heterocycles. The van der Waals surface area contributed by atoms with Crippen LogP contribution in [0.5, 0.6) is 0 Å². The van der Waals surface area contributed by atoms with E-state index in [0.717, 1.165) is 6.54 Å². The second kappa shape index (κ2) is 5.97. The van der Waals surface area contributed by atoms with Crippen molar-refractivity contribution in [3.05, 3.63) is 0 Å². The molecule has 0 heterocycles. The van der Waals surface area contributed by atoms with Crippen LogP contribution in [0.1, 0.15) is 20.3 Å². The lowest BCUT2D eigenvalue weighted by Gasteiger charge is -2.10. The lowest BCUT2D eigenvalue weighted by Crippen LogP contribution is -2.31. The highest BCUT2D eigenvalue weighted by Crippen LogP contribution is 1.91. The number of aliphatic hydroxyl groups excluding tert-OH is 1. The SMILES string of the molecule is CC(C)CNC[C@@H](O)CC(=O)O. The molecule has 0 unspecified atom stereocenters. The van der Waals surface area contributed by atoms with Crippen molar-refractivity contribution in [1.29, 1.82) is 0 Å². The summed E-state index contributed by atoms with van der Waals surface area (Å²) in [5.41, 5.74) is 0. The molecule has 3 N–H and O–H groups in total. The Morgan fingerprint density at radius 2 is 2.00 bits per heavy atom. The first-order valence-corrected chi connectivity index (χ1v) is 4.13. The Morgan fingerprint density at radius 3 is 2.42 bits per heavy atom. The van der Waals surface area contributed by atoms with E-state index in [0.29, 0.717) is 12.5 Å². The van der Waals surface area contributed by atoms with Gasteiger partial charge in [0, 0.05) is 6.54 Å². The molecule has 4 nitrogen and oxygen atoms in total. The summed E-state index contributed by atoms with van der Waals surface area (Å²) < 4.78 is 0. The van der Waals surface area contributed by atoms with Crippen molar-refractivity contribution in [2.24, 2.45) is 5.92 Å². The highest BCUT2D eigenvalue weighted by molar-refractivity contribution is 5.67. The first-order chi connectivity index (χ1) is 5.52. The van der Waals surface area contributed by atoms with Gasteiger partial charge in [0.1, 0.15) is 0 Å². The van der Waals surface area contributed by atoms with E-state index in [9.17, 15) is 4.79 Å². The summed E-state index contributed by atoms with van der Waals surface area (Å²) in [5.74, 6) is -0.448. The minimum absolute atomic E-state index is 0.189. The van der Waals surface area contributed by atoms with Crippen LogP contribution in [0, 0.1) is 5.92 Å². The minimum Gasteiger partial charge on any atom is -0.481 e. The molecule has 1 atom stereocenters. The molecular formula is C8H17NO3. The average Bonchev–Trinajstić information content (AvgIpc) is 1.84. The Bertz CT molecular complexity index is 136. The van der Waals surface area contributed by atoms with Crippen molar-refractivity contribution in [2.45, 2.75) is 26.4 Å². The number of aliphatic carboxylic acids is 1. The van der Waals surface area contributed by atoms with Crippen molar-refractivity contribution >= 4 is 5.97 Å². The van der Waals surface area contributed by atoms with Gasteiger partial charge in [-0.3, -0.25) is 4.79 Å². The maximum atomic E-state index is 10.1. The molecule has 72 valence electrons. The van der Waals surface area contributed by atoms with Gasteiger partial charge in [0.25, 0.3) is 0 Å². The third kappa shape index (κ3) is 7.50. The Balaban J connectivity index is 3.31. The summed E-state index contributed by atoms with van der Waals surface area (Å²) in [6.45, 7) is 5.26. The number of carboxylic acid groups (broad SMARTS) is 1. The van der Waals surface area contributed by atoms with E-state index in [1.807, 2.05) is 0 Å². The van der Waals surface area contributed by atoms with Gasteiger partial charge < -0.3 is 15.5 Å². The molecular weight excluding hydrogens is 158 g/mol. The summed E-state index contributed by atoms with van der Waals surface area (Å²) >= 11 is 0. The van der Waals surface area contributed by atoms with E-state index < -0.39 is 12.1 Å². The zero-order valence-corrected chi connectivity index (χ0v) is 7.58. The molecule has 0 spiro atoms. The van der Waals surface area contributed by atoms with Crippen molar-refractivity contribution in [2.75, 3.05) is 13.1 Å². The van der Waals surface area contributed by atoms with Gasteiger partial charge in [-0.15, -0.1) is 0 Å². The molecule has 12 heavy (non-hydrogen) atoms. The first-order valence-electron chi connectivity index (χ1n) is 4.13. The summed E-state index contributed by atoms with van der Waals surface area (Å²) in [5, 5.41) is 20.4. The highest BCUT2D eigenvalue weighted by Gasteiger charge is 2.08. The standard InChI is InChI=1S/C8H17NO3/c1-6(2)4-9-5-7(10)3-8(11)12/h6-7,9-10H,3-5H2,1-2H3,(H,11,12)/t7-/m0/s1. The quantitative estimate of drug-likeness (QED) is 0.534. The van der Waals surface area contributed by atoms with Gasteiger partial charge in [-0.25, -0.2) is 0 Å². The Labute approximate surface area is 72.6 Å². The smallest absolute Gasteiger partial charge is 0.306 e. The molecule has 0 saturated heterocycles. The molecule has 0 fully saturated rings. The lowest BCUT2D eigenvalue weighted by atomic mass is 10.2. The number of hydrogen-bond acceptors (Lipinski definition) is 3. The average molecular weight is 175 g/mol. The van der Waals surface area contributed by atoms with Crippen molar-refractivity contribution in [3.63, 3.8) is 0 Å². The summed E-state index contributed by atoms with van der Waals surface area (Å²) in [7, 11) is 0. The van der Waals surface area contributed by atoms with Crippen molar-refractivity contribution in [1.82, 2.24) is 5.32 Å². The highest BCUT2D eigenvalue weighted by atomic mass is 16.4. The molecule has 0 bridgehead atoms. The summed E-state index contributed by atoms with van der Waals surface area (Å²) in [6.07, 6.45) is -0.966. The topological polar surface area (TPSA) is 69.6 Å². The summed E-state index contributed by atoms with van der Waals surface area (Å²) in [4.78, 5) is 10.1. The normalized spacial score (nSPS) is 13.3. The third-order valence-electron chi connectivity index (χ3n) is 1.34. The Hall–Kier alpha value is -0.610. The molecule has 0 amide bonds. The lowest BCUT2D eigenvalue weighted by molar-refractivity contribution is -0.139. The van der Waals surface area contributed by atoms with Gasteiger partial charge in [-0.1, -0.05) is 13.8 Å². The summed E-state index contributed by atoms with van der Waals surface area (Å²) in [6, 6.07) is 0. The zero-order chi connectivity index (χ0) is 9.56. The van der Waals surface area contributed by atoms with Crippen LogP contribution in [-0.4, -0.2) is 35.4 Å². The van der Waals surface area contributed by atoms with Gasteiger partial charge in [0.2, 0.25) is 0 Å². The van der Waals surface area contributed by atoms with Crippen LogP contribution < -0.4 is 5.32 Å². The Morgan fingerprint density at radius 1 is 1.42 bits per heavy atom. The van der Waals surface area contributed by atoms with Gasteiger partial charge in [0.15, 0.2) is 0 Å². The van der Waals surface area contributed by atoms with Crippen LogP contribution in [0.3, 0.4) is 0 Å². The predicted molar refractivity (Wildman–Crippen MR) is 46.0 cm³/mol. The fraction of sp³-hybridized carbons (Fsp3) is 0.875. The fourth-order valence-corrected chi connectivity index (χ4v) is 0.812. The van der Waals surface area contributed by atoms with E-state index in [4.69, 9.17) is 10.2 Å². The number of hydrogen-bond donors (Lipinski definition) is 3. The molecule has 0 aliphatic rings. The molecule has 0 rings (SSSR count). The van der Waals surface area contributed by atoms with Crippen molar-refractivity contribution in [3.8, 4) is 0 Å². The molecule has 0 aromatic carbocycles. The van der Waals surface area contributed by atoms with Gasteiger partial charge >= 0.3 is 5.97 Å². The fourth-order valence-electron chi connectivity index (χ4n) is 0.812. The number of aliphatic hydroxyl groups is 1. The Kier molecular flexibility index (Phi) is 5.66. The molecule has 0 radical (unpaired) electrons. The minimum atomic E-state index is -0.964. The molecule has 0 aliphatic heterocycles. The number of carbonyl (C=O) groups is 1. The largest absolute Gasteiger partial charge is 0.481 e. The molecule has 0 saturated carbocycles.